The van der Waals surface area contributed by atoms with Gasteiger partial charge in [0.15, 0.2) is 0 Å². The lowest BCUT2D eigenvalue weighted by molar-refractivity contribution is 0.598. The average molecular weight is 321 g/mol. The summed E-state index contributed by atoms with van der Waals surface area (Å²) in [4.78, 5) is 0.125. The highest BCUT2D eigenvalue weighted by molar-refractivity contribution is 7.92. The molecule has 118 valence electrons. The second-order valence-electron chi connectivity index (χ2n) is 5.47. The molecule has 0 amide bonds. The van der Waals surface area contributed by atoms with Gasteiger partial charge in [0.2, 0.25) is 0 Å². The smallest absolute Gasteiger partial charge is 0.261 e. The van der Waals surface area contributed by atoms with Crippen molar-refractivity contribution >= 4 is 15.7 Å². The fraction of sp³-hybridized carbons (Fsp3) is 0.294. The van der Waals surface area contributed by atoms with Crippen molar-refractivity contribution < 1.29 is 12.8 Å². The quantitative estimate of drug-likeness (QED) is 0.884. The van der Waals surface area contributed by atoms with Crippen molar-refractivity contribution in [3.05, 3.63) is 59.4 Å². The predicted molar refractivity (Wildman–Crippen MR) is 87.1 cm³/mol. The Morgan fingerprint density at radius 1 is 1.14 bits per heavy atom. The van der Waals surface area contributed by atoms with E-state index in [1.807, 2.05) is 0 Å². The number of halogens is 1. The van der Waals surface area contributed by atoms with Crippen LogP contribution in [0, 0.1) is 12.7 Å². The van der Waals surface area contributed by atoms with Crippen LogP contribution in [0.5, 0.6) is 0 Å². The topological polar surface area (TPSA) is 46.2 Å². The van der Waals surface area contributed by atoms with Crippen molar-refractivity contribution in [3.63, 3.8) is 0 Å². The number of nitrogens with one attached hydrogen (secondary N) is 1. The summed E-state index contributed by atoms with van der Waals surface area (Å²) < 4.78 is 40.7. The fourth-order valence-corrected chi connectivity index (χ4v) is 3.19. The molecule has 0 aliphatic heterocycles. The van der Waals surface area contributed by atoms with Gasteiger partial charge in [-0.1, -0.05) is 32.0 Å². The highest BCUT2D eigenvalue weighted by Crippen LogP contribution is 2.23. The maximum atomic E-state index is 13.8. The molecular weight excluding hydrogens is 301 g/mol. The molecule has 5 heteroatoms. The molecule has 1 atom stereocenters. The number of rotatable bonds is 5. The third-order valence-corrected chi connectivity index (χ3v) is 5.12. The van der Waals surface area contributed by atoms with Gasteiger partial charge in [0.1, 0.15) is 5.82 Å². The molecule has 0 unspecified atom stereocenters. The van der Waals surface area contributed by atoms with Crippen LogP contribution in [-0.2, 0) is 10.0 Å². The number of anilines is 1. The average Bonchev–Trinajstić information content (AvgIpc) is 2.49. The van der Waals surface area contributed by atoms with E-state index in [1.54, 1.807) is 37.3 Å². The minimum Gasteiger partial charge on any atom is -0.277 e. The second-order valence-corrected chi connectivity index (χ2v) is 7.15. The maximum Gasteiger partial charge on any atom is 0.261 e. The zero-order chi connectivity index (χ0) is 16.3. The summed E-state index contributed by atoms with van der Waals surface area (Å²) in [5, 5.41) is 0. The molecule has 0 fully saturated rings. The van der Waals surface area contributed by atoms with E-state index in [1.165, 1.54) is 12.1 Å². The number of hydrogen-bond acceptors (Lipinski definition) is 2. The Morgan fingerprint density at radius 2 is 1.77 bits per heavy atom. The first-order valence-electron chi connectivity index (χ1n) is 7.22. The molecule has 0 spiro atoms. The summed E-state index contributed by atoms with van der Waals surface area (Å²) in [5.41, 5.74) is 1.78. The number of benzene rings is 2. The van der Waals surface area contributed by atoms with Crippen LogP contribution in [-0.4, -0.2) is 8.42 Å². The van der Waals surface area contributed by atoms with Crippen molar-refractivity contribution in [1.29, 1.82) is 0 Å². The van der Waals surface area contributed by atoms with Crippen molar-refractivity contribution in [1.82, 2.24) is 0 Å². The molecule has 2 aromatic carbocycles. The molecule has 0 saturated heterocycles. The van der Waals surface area contributed by atoms with Crippen LogP contribution in [0.25, 0.3) is 0 Å². The number of hydrogen-bond donors (Lipinski definition) is 1. The molecule has 0 aromatic heterocycles. The van der Waals surface area contributed by atoms with Gasteiger partial charge < -0.3 is 0 Å². The first-order valence-corrected chi connectivity index (χ1v) is 8.70. The molecule has 0 aliphatic carbocycles. The zero-order valence-electron chi connectivity index (χ0n) is 12.9. The molecule has 22 heavy (non-hydrogen) atoms. The standard InChI is InChI=1S/C17H20FNO2S/c1-4-13(3)14-6-8-15(9-7-14)22(20,21)19-17-10-5-12(2)11-16(17)18/h5-11,13,19H,4H2,1-3H3/t13-/m1/s1. The van der Waals surface area contributed by atoms with E-state index in [-0.39, 0.29) is 10.6 Å². The first kappa shape index (κ1) is 16.5. The third kappa shape index (κ3) is 3.65. The minimum absolute atomic E-state index is 0.0448. The predicted octanol–water partition coefficient (Wildman–Crippen LogP) is 4.45. The Kier molecular flexibility index (Phi) is 4.86. The summed E-state index contributed by atoms with van der Waals surface area (Å²) >= 11 is 0. The Bertz CT molecular complexity index is 755. The Hall–Kier alpha value is -1.88. The van der Waals surface area contributed by atoms with E-state index in [4.69, 9.17) is 0 Å². The van der Waals surface area contributed by atoms with Gasteiger partial charge >= 0.3 is 0 Å². The molecule has 2 aromatic rings. The molecule has 3 nitrogen and oxygen atoms in total. The first-order chi connectivity index (χ1) is 10.3. The third-order valence-electron chi connectivity index (χ3n) is 3.74. The van der Waals surface area contributed by atoms with E-state index in [2.05, 4.69) is 18.6 Å². The Balaban J connectivity index is 2.26. The van der Waals surface area contributed by atoms with Crippen molar-refractivity contribution in [2.24, 2.45) is 0 Å². The van der Waals surface area contributed by atoms with Gasteiger partial charge in [0, 0.05) is 0 Å². The maximum absolute atomic E-state index is 13.8. The molecule has 0 radical (unpaired) electrons. The van der Waals surface area contributed by atoms with Crippen LogP contribution < -0.4 is 4.72 Å². The van der Waals surface area contributed by atoms with E-state index in [0.29, 0.717) is 5.92 Å². The molecule has 0 bridgehead atoms. The van der Waals surface area contributed by atoms with E-state index < -0.39 is 15.8 Å². The fourth-order valence-electron chi connectivity index (χ4n) is 2.12. The Labute approximate surface area is 131 Å². The van der Waals surface area contributed by atoms with Gasteiger partial charge in [0.25, 0.3) is 10.0 Å². The number of aryl methyl sites for hydroxylation is 1. The summed E-state index contributed by atoms with van der Waals surface area (Å²) in [6.07, 6.45) is 0.985. The van der Waals surface area contributed by atoms with E-state index in [0.717, 1.165) is 17.5 Å². The van der Waals surface area contributed by atoms with Crippen LogP contribution in [0.3, 0.4) is 0 Å². The van der Waals surface area contributed by atoms with Crippen LogP contribution in [0.4, 0.5) is 10.1 Å². The summed E-state index contributed by atoms with van der Waals surface area (Å²) in [5.74, 6) is -0.209. The van der Waals surface area contributed by atoms with Gasteiger partial charge in [-0.25, -0.2) is 12.8 Å². The van der Waals surface area contributed by atoms with Crippen molar-refractivity contribution in [2.75, 3.05) is 4.72 Å². The zero-order valence-corrected chi connectivity index (χ0v) is 13.7. The molecule has 0 heterocycles. The molecule has 0 saturated carbocycles. The van der Waals surface area contributed by atoms with Crippen molar-refractivity contribution in [3.8, 4) is 0 Å². The summed E-state index contributed by atoms with van der Waals surface area (Å²) in [7, 11) is -3.79. The van der Waals surface area contributed by atoms with Crippen LogP contribution >= 0.6 is 0 Å². The van der Waals surface area contributed by atoms with E-state index >= 15 is 0 Å². The summed E-state index contributed by atoms with van der Waals surface area (Å²) in [6, 6.07) is 11.1. The van der Waals surface area contributed by atoms with Crippen LogP contribution in [0.15, 0.2) is 47.4 Å². The minimum atomic E-state index is -3.79. The lowest BCUT2D eigenvalue weighted by Gasteiger charge is -2.12. The lowest BCUT2D eigenvalue weighted by atomic mass is 9.99. The Morgan fingerprint density at radius 3 is 2.32 bits per heavy atom. The second kappa shape index (κ2) is 6.48. The monoisotopic (exact) mass is 321 g/mol. The van der Waals surface area contributed by atoms with Gasteiger partial charge in [-0.05, 0) is 54.7 Å². The van der Waals surface area contributed by atoms with Gasteiger partial charge in [0.05, 0.1) is 10.6 Å². The van der Waals surface area contributed by atoms with Crippen LogP contribution in [0.1, 0.15) is 37.3 Å². The molecular formula is C17H20FNO2S. The largest absolute Gasteiger partial charge is 0.277 e. The van der Waals surface area contributed by atoms with Gasteiger partial charge in [-0.2, -0.15) is 0 Å². The van der Waals surface area contributed by atoms with Gasteiger partial charge in [-0.3, -0.25) is 4.72 Å². The highest BCUT2D eigenvalue weighted by Gasteiger charge is 2.16. The normalized spacial score (nSPS) is 12.9. The summed E-state index contributed by atoms with van der Waals surface area (Å²) in [6.45, 7) is 5.91. The van der Waals surface area contributed by atoms with Crippen molar-refractivity contribution in [2.45, 2.75) is 38.0 Å². The van der Waals surface area contributed by atoms with E-state index in [9.17, 15) is 12.8 Å². The lowest BCUT2D eigenvalue weighted by Crippen LogP contribution is -2.14. The molecule has 2 rings (SSSR count). The van der Waals surface area contributed by atoms with Crippen LogP contribution in [0.2, 0.25) is 0 Å². The van der Waals surface area contributed by atoms with Gasteiger partial charge in [-0.15, -0.1) is 0 Å². The molecule has 0 aliphatic rings. The molecule has 1 N–H and O–H groups in total. The highest BCUT2D eigenvalue weighted by atomic mass is 32.2. The SMILES string of the molecule is CC[C@@H](C)c1ccc(S(=O)(=O)Nc2ccc(C)cc2F)cc1. The number of sulfonamides is 1.